The van der Waals surface area contributed by atoms with E-state index in [1.165, 1.54) is 12.8 Å². The molecule has 2 aromatic rings. The molecule has 1 atom stereocenters. The maximum Gasteiger partial charge on any atom is 0.251 e. The molecule has 0 bridgehead atoms. The predicted molar refractivity (Wildman–Crippen MR) is 105 cm³/mol. The molecule has 1 saturated heterocycles. The van der Waals surface area contributed by atoms with Gasteiger partial charge in [-0.1, -0.05) is 43.3 Å². The van der Waals surface area contributed by atoms with Crippen LogP contribution in [0.3, 0.4) is 0 Å². The number of hydrogen-bond acceptors (Lipinski definition) is 3. The molecule has 0 radical (unpaired) electrons. The van der Waals surface area contributed by atoms with Gasteiger partial charge in [0.25, 0.3) is 5.91 Å². The van der Waals surface area contributed by atoms with Gasteiger partial charge in [-0.25, -0.2) is 0 Å². The number of nitrogens with zero attached hydrogens (tertiary/aromatic N) is 1. The van der Waals surface area contributed by atoms with Crippen LogP contribution in [0.1, 0.15) is 48.2 Å². The summed E-state index contributed by atoms with van der Waals surface area (Å²) in [4.78, 5) is 14.7. The summed E-state index contributed by atoms with van der Waals surface area (Å²) in [6.07, 6.45) is 2.85. The van der Waals surface area contributed by atoms with Crippen molar-refractivity contribution in [1.82, 2.24) is 10.2 Å². The Balaban J connectivity index is 1.56. The maximum absolute atomic E-state index is 12.3. The Hall–Kier alpha value is -2.17. The first kappa shape index (κ1) is 18.6. The lowest BCUT2D eigenvalue weighted by molar-refractivity contribution is 0.0949. The van der Waals surface area contributed by atoms with Crippen LogP contribution in [-0.2, 0) is 0 Å². The smallest absolute Gasteiger partial charge is 0.251 e. The lowest BCUT2D eigenvalue weighted by Crippen LogP contribution is -2.33. The molecule has 1 amide bonds. The molecule has 1 aliphatic rings. The van der Waals surface area contributed by atoms with Crippen LogP contribution in [0, 0.1) is 0 Å². The molecule has 1 aliphatic heterocycles. The van der Waals surface area contributed by atoms with Crippen molar-refractivity contribution in [2.75, 3.05) is 26.2 Å². The van der Waals surface area contributed by atoms with Crippen LogP contribution in [-0.4, -0.2) is 42.1 Å². The third-order valence-electron chi connectivity index (χ3n) is 5.07. The van der Waals surface area contributed by atoms with Crippen LogP contribution in [0.25, 0.3) is 11.1 Å². The first-order chi connectivity index (χ1) is 12.7. The summed E-state index contributed by atoms with van der Waals surface area (Å²) in [5, 5.41) is 12.9. The third-order valence-corrected chi connectivity index (χ3v) is 5.07. The van der Waals surface area contributed by atoms with Crippen LogP contribution in [0.15, 0.2) is 48.5 Å². The number of carbonyl (C=O) groups excluding carboxylic acids is 1. The van der Waals surface area contributed by atoms with Gasteiger partial charge in [0.15, 0.2) is 0 Å². The Kier molecular flexibility index (Phi) is 6.42. The molecular weight excluding hydrogens is 324 g/mol. The van der Waals surface area contributed by atoms with E-state index in [1.54, 1.807) is 0 Å². The van der Waals surface area contributed by atoms with Crippen LogP contribution >= 0.6 is 0 Å². The molecular formula is C22H28N2O2. The maximum atomic E-state index is 12.3. The van der Waals surface area contributed by atoms with E-state index in [2.05, 4.69) is 10.2 Å². The topological polar surface area (TPSA) is 52.6 Å². The third kappa shape index (κ3) is 4.71. The highest BCUT2D eigenvalue weighted by Crippen LogP contribution is 2.23. The minimum atomic E-state index is -0.407. The number of benzene rings is 2. The van der Waals surface area contributed by atoms with Gasteiger partial charge in [-0.3, -0.25) is 4.79 Å². The van der Waals surface area contributed by atoms with Crippen molar-refractivity contribution in [2.45, 2.75) is 32.3 Å². The van der Waals surface area contributed by atoms with E-state index in [1.807, 2.05) is 55.5 Å². The van der Waals surface area contributed by atoms with Gasteiger partial charge in [0.05, 0.1) is 6.10 Å². The zero-order chi connectivity index (χ0) is 18.4. The summed E-state index contributed by atoms with van der Waals surface area (Å²) >= 11 is 0. The summed E-state index contributed by atoms with van der Waals surface area (Å²) in [7, 11) is 0. The number of likely N-dealkylation sites (tertiary alicyclic amines) is 1. The number of amides is 1. The van der Waals surface area contributed by atoms with Gasteiger partial charge < -0.3 is 15.3 Å². The first-order valence-electron chi connectivity index (χ1n) is 9.56. The largest absolute Gasteiger partial charge is 0.388 e. The SMILES string of the molecule is CCC(O)c1ccc(-c2ccc(C(=O)NCCN3CCCC3)cc2)cc1. The fourth-order valence-corrected chi connectivity index (χ4v) is 3.38. The highest BCUT2D eigenvalue weighted by molar-refractivity contribution is 5.94. The Morgan fingerprint density at radius 1 is 1.04 bits per heavy atom. The summed E-state index contributed by atoms with van der Waals surface area (Å²) in [6.45, 7) is 5.90. The monoisotopic (exact) mass is 352 g/mol. The van der Waals surface area contributed by atoms with Crippen LogP contribution in [0.2, 0.25) is 0 Å². The van der Waals surface area contributed by atoms with E-state index in [4.69, 9.17) is 0 Å². The van der Waals surface area contributed by atoms with Gasteiger partial charge in [-0.2, -0.15) is 0 Å². The molecule has 26 heavy (non-hydrogen) atoms. The van der Waals surface area contributed by atoms with E-state index >= 15 is 0 Å². The Bertz CT molecular complexity index is 704. The summed E-state index contributed by atoms with van der Waals surface area (Å²) < 4.78 is 0. The molecule has 2 aromatic carbocycles. The van der Waals surface area contributed by atoms with Gasteiger partial charge in [-0.05, 0) is 61.2 Å². The van der Waals surface area contributed by atoms with E-state index < -0.39 is 6.10 Å². The Morgan fingerprint density at radius 2 is 1.62 bits per heavy atom. The standard InChI is InChI=1S/C22H28N2O2/c1-2-21(25)19-9-5-17(6-10-19)18-7-11-20(12-8-18)22(26)23-13-16-24-14-3-4-15-24/h5-12,21,25H,2-4,13-16H2,1H3,(H,23,26). The molecule has 0 aromatic heterocycles. The lowest BCUT2D eigenvalue weighted by Gasteiger charge is -2.14. The Labute approximate surface area is 155 Å². The molecule has 138 valence electrons. The van der Waals surface area contributed by atoms with Crippen molar-refractivity contribution < 1.29 is 9.90 Å². The molecule has 1 unspecified atom stereocenters. The van der Waals surface area contributed by atoms with Gasteiger partial charge in [0, 0.05) is 18.7 Å². The average Bonchev–Trinajstić information content (AvgIpc) is 3.21. The van der Waals surface area contributed by atoms with Gasteiger partial charge >= 0.3 is 0 Å². The summed E-state index contributed by atoms with van der Waals surface area (Å²) in [5.74, 6) is -0.0165. The summed E-state index contributed by atoms with van der Waals surface area (Å²) in [6, 6.07) is 15.6. The van der Waals surface area contributed by atoms with Crippen molar-refractivity contribution in [3.8, 4) is 11.1 Å². The number of aliphatic hydroxyl groups is 1. The van der Waals surface area contributed by atoms with Crippen LogP contribution < -0.4 is 5.32 Å². The van der Waals surface area contributed by atoms with Crippen molar-refractivity contribution in [1.29, 1.82) is 0 Å². The predicted octanol–water partition coefficient (Wildman–Crippen LogP) is 3.62. The van der Waals surface area contributed by atoms with Crippen molar-refractivity contribution in [2.24, 2.45) is 0 Å². The fraction of sp³-hybridized carbons (Fsp3) is 0.409. The molecule has 0 saturated carbocycles. The molecule has 3 rings (SSSR count). The molecule has 1 fully saturated rings. The van der Waals surface area contributed by atoms with Gasteiger partial charge in [-0.15, -0.1) is 0 Å². The minimum Gasteiger partial charge on any atom is -0.388 e. The Morgan fingerprint density at radius 3 is 2.19 bits per heavy atom. The second-order valence-corrected chi connectivity index (χ2v) is 6.93. The first-order valence-corrected chi connectivity index (χ1v) is 9.56. The number of carbonyl (C=O) groups is 1. The van der Waals surface area contributed by atoms with Gasteiger partial charge in [0.1, 0.15) is 0 Å². The van der Waals surface area contributed by atoms with Gasteiger partial charge in [0.2, 0.25) is 0 Å². The van der Waals surface area contributed by atoms with E-state index in [0.29, 0.717) is 18.5 Å². The van der Waals surface area contributed by atoms with Crippen molar-refractivity contribution >= 4 is 5.91 Å². The van der Waals surface area contributed by atoms with E-state index in [9.17, 15) is 9.90 Å². The number of rotatable bonds is 7. The van der Waals surface area contributed by atoms with E-state index in [0.717, 1.165) is 36.3 Å². The molecule has 0 spiro atoms. The molecule has 2 N–H and O–H groups in total. The fourth-order valence-electron chi connectivity index (χ4n) is 3.38. The number of aliphatic hydroxyl groups excluding tert-OH is 1. The van der Waals surface area contributed by atoms with Crippen LogP contribution in [0.4, 0.5) is 0 Å². The molecule has 0 aliphatic carbocycles. The average molecular weight is 352 g/mol. The lowest BCUT2D eigenvalue weighted by atomic mass is 10.00. The highest BCUT2D eigenvalue weighted by atomic mass is 16.3. The molecule has 4 nitrogen and oxygen atoms in total. The normalized spacial score (nSPS) is 15.8. The zero-order valence-corrected chi connectivity index (χ0v) is 15.4. The quantitative estimate of drug-likeness (QED) is 0.800. The van der Waals surface area contributed by atoms with Crippen LogP contribution in [0.5, 0.6) is 0 Å². The second kappa shape index (κ2) is 8.97. The molecule has 4 heteroatoms. The number of hydrogen-bond donors (Lipinski definition) is 2. The highest BCUT2D eigenvalue weighted by Gasteiger charge is 2.12. The molecule has 1 heterocycles. The second-order valence-electron chi connectivity index (χ2n) is 6.93. The number of nitrogens with one attached hydrogen (secondary N) is 1. The van der Waals surface area contributed by atoms with Crippen molar-refractivity contribution in [3.05, 3.63) is 59.7 Å². The zero-order valence-electron chi connectivity index (χ0n) is 15.4. The van der Waals surface area contributed by atoms with E-state index in [-0.39, 0.29) is 5.91 Å². The van der Waals surface area contributed by atoms with Crippen molar-refractivity contribution in [3.63, 3.8) is 0 Å². The summed E-state index contributed by atoms with van der Waals surface area (Å²) in [5.41, 5.74) is 3.77. The minimum absolute atomic E-state index is 0.0165.